The summed E-state index contributed by atoms with van der Waals surface area (Å²) in [7, 11) is 1.89. The number of hydrogen-bond acceptors (Lipinski definition) is 5. The number of rotatable bonds is 5. The van der Waals surface area contributed by atoms with Crippen molar-refractivity contribution in [2.75, 3.05) is 6.61 Å². The molecule has 0 bridgehead atoms. The number of pyridine rings is 2. The van der Waals surface area contributed by atoms with Gasteiger partial charge in [0.2, 0.25) is 0 Å². The van der Waals surface area contributed by atoms with Crippen molar-refractivity contribution in [1.29, 1.82) is 0 Å². The van der Waals surface area contributed by atoms with Crippen molar-refractivity contribution < 1.29 is 9.90 Å². The number of nitrogens with zero attached hydrogens (tertiary/aromatic N) is 4. The van der Waals surface area contributed by atoms with Crippen LogP contribution < -0.4 is 0 Å². The van der Waals surface area contributed by atoms with E-state index in [1.807, 2.05) is 31.7 Å². The highest BCUT2D eigenvalue weighted by Crippen LogP contribution is 2.30. The fourth-order valence-corrected chi connectivity index (χ4v) is 3.89. The molecule has 0 aliphatic heterocycles. The number of Topliss-reactive ketones (excluding diaryl/α,β-unsaturated/α-hetero) is 1. The Hall–Kier alpha value is -2.60. The van der Waals surface area contributed by atoms with Crippen LogP contribution >= 0.6 is 0 Å². The van der Waals surface area contributed by atoms with Crippen LogP contribution in [0.2, 0.25) is 0 Å². The second-order valence-electron chi connectivity index (χ2n) is 7.54. The molecule has 0 spiro atoms. The third kappa shape index (κ3) is 3.90. The maximum Gasteiger partial charge on any atom is 0.141 e. The Morgan fingerprint density at radius 2 is 1.93 bits per heavy atom. The largest absolute Gasteiger partial charge is 0.396 e. The summed E-state index contributed by atoms with van der Waals surface area (Å²) in [6.07, 6.45) is 11.3. The summed E-state index contributed by atoms with van der Waals surface area (Å²) in [6.45, 7) is 0.236. The SMILES string of the molecule is Cn1cc(-c2cnc3cnc(CC(=O)C4CCC(CO)CC4)cc3c2)cn1. The van der Waals surface area contributed by atoms with Gasteiger partial charge in [-0.05, 0) is 43.7 Å². The Morgan fingerprint density at radius 3 is 2.63 bits per heavy atom. The molecule has 1 aliphatic rings. The van der Waals surface area contributed by atoms with E-state index in [0.29, 0.717) is 12.3 Å². The quantitative estimate of drug-likeness (QED) is 0.753. The molecule has 1 aliphatic carbocycles. The highest BCUT2D eigenvalue weighted by atomic mass is 16.3. The molecule has 6 heteroatoms. The van der Waals surface area contributed by atoms with Crippen LogP contribution in [0.15, 0.2) is 36.9 Å². The van der Waals surface area contributed by atoms with Gasteiger partial charge in [-0.25, -0.2) is 0 Å². The lowest BCUT2D eigenvalue weighted by atomic mass is 9.79. The summed E-state index contributed by atoms with van der Waals surface area (Å²) in [5, 5.41) is 14.4. The molecular weight excluding hydrogens is 340 g/mol. The third-order valence-corrected chi connectivity index (χ3v) is 5.58. The van der Waals surface area contributed by atoms with E-state index in [9.17, 15) is 9.90 Å². The van der Waals surface area contributed by atoms with Gasteiger partial charge >= 0.3 is 0 Å². The molecule has 3 heterocycles. The van der Waals surface area contributed by atoms with Gasteiger partial charge in [0, 0.05) is 60.6 Å². The second kappa shape index (κ2) is 7.56. The predicted octanol–water partition coefficient (Wildman–Crippen LogP) is 2.94. The Morgan fingerprint density at radius 1 is 1.11 bits per heavy atom. The minimum Gasteiger partial charge on any atom is -0.396 e. The second-order valence-corrected chi connectivity index (χ2v) is 7.54. The van der Waals surface area contributed by atoms with E-state index in [2.05, 4.69) is 21.1 Å². The molecule has 1 fully saturated rings. The van der Waals surface area contributed by atoms with Crippen molar-refractivity contribution in [3.8, 4) is 11.1 Å². The van der Waals surface area contributed by atoms with Crippen LogP contribution in [0.3, 0.4) is 0 Å². The molecule has 0 amide bonds. The van der Waals surface area contributed by atoms with E-state index in [1.54, 1.807) is 10.9 Å². The molecule has 1 saturated carbocycles. The molecule has 27 heavy (non-hydrogen) atoms. The molecule has 0 aromatic carbocycles. The molecule has 6 nitrogen and oxygen atoms in total. The fourth-order valence-electron chi connectivity index (χ4n) is 3.89. The van der Waals surface area contributed by atoms with E-state index in [4.69, 9.17) is 0 Å². The Balaban J connectivity index is 1.51. The molecule has 0 saturated heterocycles. The molecule has 0 atom stereocenters. The van der Waals surface area contributed by atoms with Crippen molar-refractivity contribution in [2.45, 2.75) is 32.1 Å². The zero-order valence-electron chi connectivity index (χ0n) is 15.5. The zero-order chi connectivity index (χ0) is 18.8. The van der Waals surface area contributed by atoms with Gasteiger partial charge in [0.25, 0.3) is 0 Å². The topological polar surface area (TPSA) is 80.9 Å². The number of aliphatic hydroxyl groups excluding tert-OH is 1. The van der Waals surface area contributed by atoms with Gasteiger partial charge in [-0.1, -0.05) is 0 Å². The minimum absolute atomic E-state index is 0.102. The summed E-state index contributed by atoms with van der Waals surface area (Å²) in [5.41, 5.74) is 3.63. The lowest BCUT2D eigenvalue weighted by Gasteiger charge is -2.26. The van der Waals surface area contributed by atoms with Crippen molar-refractivity contribution in [3.63, 3.8) is 0 Å². The highest BCUT2D eigenvalue weighted by molar-refractivity contribution is 5.86. The fraction of sp³-hybridized carbons (Fsp3) is 0.429. The monoisotopic (exact) mass is 364 g/mol. The maximum atomic E-state index is 12.7. The number of carbonyl (C=O) groups excluding carboxylic acids is 1. The first kappa shape index (κ1) is 17.8. The molecule has 0 unspecified atom stereocenters. The normalized spacial score (nSPS) is 20.1. The molecule has 4 rings (SSSR count). The van der Waals surface area contributed by atoms with Crippen LogP contribution in [0.5, 0.6) is 0 Å². The number of aryl methyl sites for hydroxylation is 1. The van der Waals surface area contributed by atoms with Crippen molar-refractivity contribution in [2.24, 2.45) is 18.9 Å². The first-order valence-electron chi connectivity index (χ1n) is 9.49. The Labute approximate surface area is 158 Å². The van der Waals surface area contributed by atoms with Crippen molar-refractivity contribution in [3.05, 3.63) is 42.6 Å². The zero-order valence-corrected chi connectivity index (χ0v) is 15.5. The number of fused-ring (bicyclic) bond motifs is 1. The van der Waals surface area contributed by atoms with Gasteiger partial charge in [0.1, 0.15) is 5.78 Å². The van der Waals surface area contributed by atoms with Crippen molar-refractivity contribution in [1.82, 2.24) is 19.7 Å². The van der Waals surface area contributed by atoms with Crippen LogP contribution in [0.1, 0.15) is 31.4 Å². The van der Waals surface area contributed by atoms with Gasteiger partial charge in [-0.15, -0.1) is 0 Å². The summed E-state index contributed by atoms with van der Waals surface area (Å²) >= 11 is 0. The number of hydrogen-bond donors (Lipinski definition) is 1. The first-order chi connectivity index (χ1) is 13.1. The average molecular weight is 364 g/mol. The lowest BCUT2D eigenvalue weighted by Crippen LogP contribution is -2.24. The average Bonchev–Trinajstić information content (AvgIpc) is 3.14. The standard InChI is InChI=1S/C21H24N4O2/c1-25-12-18(10-24-25)17-6-16-7-19(22-11-20(16)23-9-17)8-21(27)15-4-2-14(13-26)3-5-15/h6-7,9-12,14-15,26H,2-5,8,13H2,1H3. The van der Waals surface area contributed by atoms with E-state index < -0.39 is 0 Å². The van der Waals surface area contributed by atoms with Gasteiger partial charge in [0.15, 0.2) is 0 Å². The maximum absolute atomic E-state index is 12.7. The number of carbonyl (C=O) groups is 1. The number of aromatic nitrogens is 4. The van der Waals surface area contributed by atoms with Crippen LogP contribution in [0, 0.1) is 11.8 Å². The molecule has 0 radical (unpaired) electrons. The van der Waals surface area contributed by atoms with Crippen LogP contribution in [0.25, 0.3) is 22.0 Å². The van der Waals surface area contributed by atoms with E-state index in [0.717, 1.165) is 53.4 Å². The van der Waals surface area contributed by atoms with E-state index in [1.165, 1.54) is 0 Å². The van der Waals surface area contributed by atoms with Gasteiger partial charge in [-0.2, -0.15) is 5.10 Å². The third-order valence-electron chi connectivity index (χ3n) is 5.58. The van der Waals surface area contributed by atoms with Crippen LogP contribution in [-0.4, -0.2) is 37.2 Å². The molecular formula is C21H24N4O2. The Kier molecular flexibility index (Phi) is 4.99. The summed E-state index contributed by atoms with van der Waals surface area (Å²) in [6, 6.07) is 4.04. The number of aliphatic hydroxyl groups is 1. The van der Waals surface area contributed by atoms with Gasteiger partial charge in [-0.3, -0.25) is 19.4 Å². The Bertz CT molecular complexity index is 958. The first-order valence-corrected chi connectivity index (χ1v) is 9.49. The summed E-state index contributed by atoms with van der Waals surface area (Å²) < 4.78 is 1.77. The predicted molar refractivity (Wildman–Crippen MR) is 103 cm³/mol. The van der Waals surface area contributed by atoms with Crippen molar-refractivity contribution >= 4 is 16.7 Å². The minimum atomic E-state index is 0.102. The molecule has 140 valence electrons. The number of ketones is 1. The smallest absolute Gasteiger partial charge is 0.141 e. The highest BCUT2D eigenvalue weighted by Gasteiger charge is 2.26. The van der Waals surface area contributed by atoms with Crippen LogP contribution in [-0.2, 0) is 18.3 Å². The van der Waals surface area contributed by atoms with Crippen LogP contribution in [0.4, 0.5) is 0 Å². The van der Waals surface area contributed by atoms with E-state index >= 15 is 0 Å². The molecule has 3 aromatic rings. The molecule has 3 aromatic heterocycles. The summed E-state index contributed by atoms with van der Waals surface area (Å²) in [4.78, 5) is 21.6. The summed E-state index contributed by atoms with van der Waals surface area (Å²) in [5.74, 6) is 0.726. The molecule has 1 N–H and O–H groups in total. The van der Waals surface area contributed by atoms with Gasteiger partial charge in [0.05, 0.1) is 17.9 Å². The lowest BCUT2D eigenvalue weighted by molar-refractivity contribution is -0.123. The van der Waals surface area contributed by atoms with E-state index in [-0.39, 0.29) is 18.3 Å². The van der Waals surface area contributed by atoms with Gasteiger partial charge < -0.3 is 5.11 Å².